The SMILES string of the molecule is CC(NC1CCSC1)C1CCCO1. The van der Waals surface area contributed by atoms with Crippen molar-refractivity contribution in [1.29, 1.82) is 0 Å². The van der Waals surface area contributed by atoms with Gasteiger partial charge in [0.15, 0.2) is 0 Å². The molecule has 2 heterocycles. The summed E-state index contributed by atoms with van der Waals surface area (Å²) in [6.45, 7) is 3.23. The standard InChI is InChI=1S/C10H19NOS/c1-8(10-3-2-5-12-10)11-9-4-6-13-7-9/h8-11H,2-7H2,1H3. The van der Waals surface area contributed by atoms with Crippen LogP contribution in [0.2, 0.25) is 0 Å². The fourth-order valence-corrected chi connectivity index (χ4v) is 3.31. The Kier molecular flexibility index (Phi) is 3.52. The van der Waals surface area contributed by atoms with Gasteiger partial charge in [0.2, 0.25) is 0 Å². The van der Waals surface area contributed by atoms with Crippen LogP contribution in [0, 0.1) is 0 Å². The van der Waals surface area contributed by atoms with Crippen LogP contribution in [0.3, 0.4) is 0 Å². The second-order valence-corrected chi connectivity index (χ2v) is 5.22. The topological polar surface area (TPSA) is 21.3 Å². The minimum atomic E-state index is 0.477. The van der Waals surface area contributed by atoms with Crippen LogP contribution in [0.1, 0.15) is 26.2 Å². The molecule has 0 aromatic heterocycles. The van der Waals surface area contributed by atoms with E-state index in [0.29, 0.717) is 12.1 Å². The highest BCUT2D eigenvalue weighted by Gasteiger charge is 2.25. The predicted molar refractivity (Wildman–Crippen MR) is 57.3 cm³/mol. The average molecular weight is 201 g/mol. The highest BCUT2D eigenvalue weighted by molar-refractivity contribution is 7.99. The number of rotatable bonds is 3. The van der Waals surface area contributed by atoms with E-state index >= 15 is 0 Å². The molecule has 2 aliphatic heterocycles. The van der Waals surface area contributed by atoms with E-state index in [1.54, 1.807) is 0 Å². The molecular weight excluding hydrogens is 182 g/mol. The summed E-state index contributed by atoms with van der Waals surface area (Å²) < 4.78 is 5.66. The van der Waals surface area contributed by atoms with E-state index in [-0.39, 0.29) is 0 Å². The van der Waals surface area contributed by atoms with E-state index < -0.39 is 0 Å². The third-order valence-electron chi connectivity index (χ3n) is 2.95. The van der Waals surface area contributed by atoms with Gasteiger partial charge in [-0.15, -0.1) is 0 Å². The molecule has 0 amide bonds. The van der Waals surface area contributed by atoms with Crippen molar-refractivity contribution in [2.24, 2.45) is 0 Å². The first-order valence-electron chi connectivity index (χ1n) is 5.31. The van der Waals surface area contributed by atoms with E-state index in [9.17, 15) is 0 Å². The van der Waals surface area contributed by atoms with Crippen LogP contribution >= 0.6 is 11.8 Å². The lowest BCUT2D eigenvalue weighted by molar-refractivity contribution is 0.0807. The van der Waals surface area contributed by atoms with Crippen molar-refractivity contribution in [2.45, 2.75) is 44.4 Å². The number of nitrogens with one attached hydrogen (secondary N) is 1. The number of ether oxygens (including phenoxy) is 1. The second kappa shape index (κ2) is 4.67. The summed E-state index contributed by atoms with van der Waals surface area (Å²) in [7, 11) is 0. The number of hydrogen-bond acceptors (Lipinski definition) is 3. The number of thioether (sulfide) groups is 1. The fraction of sp³-hybridized carbons (Fsp3) is 1.00. The van der Waals surface area contributed by atoms with E-state index in [1.165, 1.54) is 30.8 Å². The van der Waals surface area contributed by atoms with Crippen molar-refractivity contribution >= 4 is 11.8 Å². The Balaban J connectivity index is 1.73. The molecule has 0 aliphatic carbocycles. The first kappa shape index (κ1) is 9.81. The molecule has 3 heteroatoms. The normalized spacial score (nSPS) is 36.7. The van der Waals surface area contributed by atoms with Crippen LogP contribution in [-0.4, -0.2) is 36.3 Å². The first-order chi connectivity index (χ1) is 6.36. The molecule has 3 unspecified atom stereocenters. The van der Waals surface area contributed by atoms with Gasteiger partial charge in [-0.2, -0.15) is 11.8 Å². The summed E-state index contributed by atoms with van der Waals surface area (Å²) in [5.41, 5.74) is 0. The van der Waals surface area contributed by atoms with Gasteiger partial charge in [-0.25, -0.2) is 0 Å². The zero-order valence-corrected chi connectivity index (χ0v) is 9.11. The lowest BCUT2D eigenvalue weighted by Crippen LogP contribution is -2.43. The summed E-state index contributed by atoms with van der Waals surface area (Å²) in [5.74, 6) is 2.62. The first-order valence-corrected chi connectivity index (χ1v) is 6.47. The Hall–Kier alpha value is 0.270. The Bertz CT molecular complexity index is 153. The highest BCUT2D eigenvalue weighted by Crippen LogP contribution is 2.20. The van der Waals surface area contributed by atoms with Gasteiger partial charge in [0.1, 0.15) is 0 Å². The maximum atomic E-state index is 5.66. The van der Waals surface area contributed by atoms with Crippen LogP contribution in [0.15, 0.2) is 0 Å². The minimum Gasteiger partial charge on any atom is -0.377 e. The van der Waals surface area contributed by atoms with Gasteiger partial charge in [-0.05, 0) is 31.9 Å². The van der Waals surface area contributed by atoms with Crippen molar-refractivity contribution in [3.8, 4) is 0 Å². The Labute approximate surface area is 84.8 Å². The van der Waals surface area contributed by atoms with Gasteiger partial charge in [-0.1, -0.05) is 0 Å². The van der Waals surface area contributed by atoms with E-state index in [4.69, 9.17) is 4.74 Å². The third-order valence-corrected chi connectivity index (χ3v) is 4.11. The highest BCUT2D eigenvalue weighted by atomic mass is 32.2. The lowest BCUT2D eigenvalue weighted by atomic mass is 10.1. The predicted octanol–water partition coefficient (Wildman–Crippen LogP) is 1.65. The zero-order chi connectivity index (χ0) is 9.10. The molecule has 2 rings (SSSR count). The molecule has 2 saturated heterocycles. The molecule has 0 radical (unpaired) electrons. The van der Waals surface area contributed by atoms with Crippen molar-refractivity contribution in [3.05, 3.63) is 0 Å². The average Bonchev–Trinajstić information content (AvgIpc) is 2.74. The zero-order valence-electron chi connectivity index (χ0n) is 8.29. The molecule has 0 spiro atoms. The minimum absolute atomic E-state index is 0.477. The lowest BCUT2D eigenvalue weighted by Gasteiger charge is -2.23. The Morgan fingerprint density at radius 1 is 1.46 bits per heavy atom. The molecule has 1 N–H and O–H groups in total. The van der Waals surface area contributed by atoms with Crippen molar-refractivity contribution in [3.63, 3.8) is 0 Å². The van der Waals surface area contributed by atoms with Gasteiger partial charge in [0.25, 0.3) is 0 Å². The molecule has 76 valence electrons. The van der Waals surface area contributed by atoms with Crippen molar-refractivity contribution in [2.75, 3.05) is 18.1 Å². The van der Waals surface area contributed by atoms with E-state index in [2.05, 4.69) is 24.0 Å². The van der Waals surface area contributed by atoms with Crippen molar-refractivity contribution in [1.82, 2.24) is 5.32 Å². The molecule has 0 aromatic carbocycles. The molecule has 2 fully saturated rings. The second-order valence-electron chi connectivity index (χ2n) is 4.07. The fourth-order valence-electron chi connectivity index (χ4n) is 2.14. The van der Waals surface area contributed by atoms with Crippen LogP contribution < -0.4 is 5.32 Å². The maximum Gasteiger partial charge on any atom is 0.0726 e. The maximum absolute atomic E-state index is 5.66. The molecule has 2 nitrogen and oxygen atoms in total. The van der Waals surface area contributed by atoms with Crippen LogP contribution in [0.5, 0.6) is 0 Å². The number of hydrogen-bond donors (Lipinski definition) is 1. The smallest absolute Gasteiger partial charge is 0.0726 e. The Morgan fingerprint density at radius 3 is 3.00 bits per heavy atom. The van der Waals surface area contributed by atoms with Crippen LogP contribution in [0.4, 0.5) is 0 Å². The molecule has 0 aromatic rings. The largest absolute Gasteiger partial charge is 0.377 e. The summed E-state index contributed by atoms with van der Waals surface area (Å²) in [6.07, 6.45) is 4.30. The third kappa shape index (κ3) is 2.61. The summed E-state index contributed by atoms with van der Waals surface area (Å²) in [5, 5.41) is 3.67. The van der Waals surface area contributed by atoms with Crippen LogP contribution in [-0.2, 0) is 4.74 Å². The van der Waals surface area contributed by atoms with Gasteiger partial charge >= 0.3 is 0 Å². The quantitative estimate of drug-likeness (QED) is 0.750. The molecule has 3 atom stereocenters. The molecular formula is C10H19NOS. The summed E-state index contributed by atoms with van der Waals surface area (Å²) in [4.78, 5) is 0. The van der Waals surface area contributed by atoms with Crippen molar-refractivity contribution < 1.29 is 4.74 Å². The van der Waals surface area contributed by atoms with Crippen LogP contribution in [0.25, 0.3) is 0 Å². The summed E-state index contributed by atoms with van der Waals surface area (Å²) in [6, 6.07) is 1.29. The monoisotopic (exact) mass is 201 g/mol. The van der Waals surface area contributed by atoms with Gasteiger partial charge in [0.05, 0.1) is 6.10 Å². The molecule has 0 saturated carbocycles. The van der Waals surface area contributed by atoms with Gasteiger partial charge < -0.3 is 10.1 Å². The molecule has 0 bridgehead atoms. The molecule has 2 aliphatic rings. The van der Waals surface area contributed by atoms with Gasteiger partial charge in [-0.3, -0.25) is 0 Å². The summed E-state index contributed by atoms with van der Waals surface area (Å²) >= 11 is 2.06. The molecule has 13 heavy (non-hydrogen) atoms. The van der Waals surface area contributed by atoms with E-state index in [0.717, 1.165) is 12.6 Å². The van der Waals surface area contributed by atoms with Gasteiger partial charge in [0, 0.05) is 24.4 Å². The van der Waals surface area contributed by atoms with E-state index in [1.807, 2.05) is 0 Å². The Morgan fingerprint density at radius 2 is 2.38 bits per heavy atom.